The van der Waals surface area contributed by atoms with Gasteiger partial charge in [0.1, 0.15) is 24.3 Å². The van der Waals surface area contributed by atoms with Crippen LogP contribution in [0.4, 0.5) is 18.0 Å². The largest absolute Gasteiger partial charge is 0.487 e. The van der Waals surface area contributed by atoms with Gasteiger partial charge in [-0.1, -0.05) is 24.3 Å². The van der Waals surface area contributed by atoms with Gasteiger partial charge < -0.3 is 23.5 Å². The number of rotatable bonds is 10. The first-order valence-corrected chi connectivity index (χ1v) is 12.4. The van der Waals surface area contributed by atoms with Crippen LogP contribution in [0.25, 0.3) is 12.2 Å². The van der Waals surface area contributed by atoms with Crippen LogP contribution in [0.3, 0.4) is 0 Å². The number of alkyl halides is 3. The van der Waals surface area contributed by atoms with Crippen LogP contribution in [0.5, 0.6) is 5.75 Å². The molecule has 1 aliphatic heterocycles. The van der Waals surface area contributed by atoms with E-state index in [9.17, 15) is 18.0 Å². The molecule has 0 bridgehead atoms. The van der Waals surface area contributed by atoms with Gasteiger partial charge in [0.05, 0.1) is 25.4 Å². The summed E-state index contributed by atoms with van der Waals surface area (Å²) >= 11 is 0. The maximum absolute atomic E-state index is 12.7. The van der Waals surface area contributed by atoms with E-state index in [0.717, 1.165) is 37.0 Å². The quantitative estimate of drug-likeness (QED) is 0.289. The SMILES string of the molecule is O=C(OCCCCc1ccc(OCc2coc(C=Cc3ccc(C(F)(F)F)cc3)n2)cc1)N1CCOCC1. The molecule has 1 aliphatic rings. The molecule has 10 heteroatoms. The maximum Gasteiger partial charge on any atom is 0.416 e. The second-order valence-electron chi connectivity index (χ2n) is 8.73. The van der Waals surface area contributed by atoms with Crippen LogP contribution in [0, 0.1) is 0 Å². The average Bonchev–Trinajstić information content (AvgIpc) is 3.39. The molecule has 38 heavy (non-hydrogen) atoms. The molecule has 0 radical (unpaired) electrons. The Kier molecular flexibility index (Phi) is 9.42. The number of aryl methyl sites for hydroxylation is 1. The molecule has 1 amide bonds. The van der Waals surface area contributed by atoms with Crippen molar-refractivity contribution in [2.75, 3.05) is 32.9 Å². The molecule has 3 aromatic rings. The first-order chi connectivity index (χ1) is 18.4. The normalized spacial score (nSPS) is 14.1. The maximum atomic E-state index is 12.7. The molecule has 0 atom stereocenters. The van der Waals surface area contributed by atoms with Crippen molar-refractivity contribution < 1.29 is 36.6 Å². The van der Waals surface area contributed by atoms with Crippen LogP contribution in [-0.2, 0) is 28.7 Å². The average molecular weight is 531 g/mol. The third-order valence-corrected chi connectivity index (χ3v) is 5.89. The van der Waals surface area contributed by atoms with Gasteiger partial charge in [-0.15, -0.1) is 0 Å². The van der Waals surface area contributed by atoms with Gasteiger partial charge in [0, 0.05) is 19.2 Å². The van der Waals surface area contributed by atoms with Crippen LogP contribution in [0.2, 0.25) is 0 Å². The zero-order valence-electron chi connectivity index (χ0n) is 20.8. The van der Waals surface area contributed by atoms with Gasteiger partial charge >= 0.3 is 12.3 Å². The summed E-state index contributed by atoms with van der Waals surface area (Å²) in [5.74, 6) is 1.02. The number of halogens is 3. The van der Waals surface area contributed by atoms with E-state index in [1.54, 1.807) is 17.1 Å². The smallest absolute Gasteiger partial charge is 0.416 e. The van der Waals surface area contributed by atoms with Crippen molar-refractivity contribution in [3.8, 4) is 5.75 Å². The van der Waals surface area contributed by atoms with E-state index in [2.05, 4.69) is 4.98 Å². The fourth-order valence-corrected chi connectivity index (χ4v) is 3.75. The monoisotopic (exact) mass is 530 g/mol. The zero-order chi connectivity index (χ0) is 26.8. The second kappa shape index (κ2) is 13.1. The lowest BCUT2D eigenvalue weighted by atomic mass is 10.1. The summed E-state index contributed by atoms with van der Waals surface area (Å²) in [6, 6.07) is 12.6. The Bertz CT molecular complexity index is 1180. The standard InChI is InChI=1S/C28H29F3N2O5/c29-28(30,31)23-9-4-22(5-10-23)8-13-26-32-24(20-38-26)19-37-25-11-6-21(7-12-25)3-1-2-16-36-27(34)33-14-17-35-18-15-33/h4-13,20H,1-3,14-19H2. The van der Waals surface area contributed by atoms with E-state index in [1.165, 1.54) is 18.4 Å². The number of benzene rings is 2. The molecular weight excluding hydrogens is 501 g/mol. The first-order valence-electron chi connectivity index (χ1n) is 12.4. The van der Waals surface area contributed by atoms with Crippen molar-refractivity contribution in [1.82, 2.24) is 9.88 Å². The molecule has 0 N–H and O–H groups in total. The number of carbonyl (C=O) groups is 1. The lowest BCUT2D eigenvalue weighted by molar-refractivity contribution is -0.137. The van der Waals surface area contributed by atoms with E-state index < -0.39 is 11.7 Å². The number of oxazole rings is 1. The van der Waals surface area contributed by atoms with Crippen LogP contribution in [0.15, 0.2) is 59.2 Å². The highest BCUT2D eigenvalue weighted by Gasteiger charge is 2.29. The van der Waals surface area contributed by atoms with Gasteiger partial charge in [-0.3, -0.25) is 0 Å². The highest BCUT2D eigenvalue weighted by Crippen LogP contribution is 2.29. The summed E-state index contributed by atoms with van der Waals surface area (Å²) in [6.45, 7) is 2.88. The van der Waals surface area contributed by atoms with Crippen molar-refractivity contribution in [1.29, 1.82) is 0 Å². The number of amides is 1. The van der Waals surface area contributed by atoms with E-state index >= 15 is 0 Å². The summed E-state index contributed by atoms with van der Waals surface area (Å²) in [6.07, 6.45) is 2.62. The minimum absolute atomic E-state index is 0.214. The van der Waals surface area contributed by atoms with Crippen molar-refractivity contribution in [3.63, 3.8) is 0 Å². The number of unbranched alkanes of at least 4 members (excludes halogenated alkanes) is 1. The van der Waals surface area contributed by atoms with Crippen LogP contribution in [0.1, 0.15) is 41.1 Å². The van der Waals surface area contributed by atoms with Gasteiger partial charge in [-0.2, -0.15) is 13.2 Å². The molecule has 0 aliphatic carbocycles. The van der Waals surface area contributed by atoms with Crippen LogP contribution in [-0.4, -0.2) is 48.9 Å². The lowest BCUT2D eigenvalue weighted by Crippen LogP contribution is -2.41. The Morgan fingerprint density at radius 3 is 2.45 bits per heavy atom. The molecule has 0 saturated carbocycles. The third-order valence-electron chi connectivity index (χ3n) is 5.89. The van der Waals surface area contributed by atoms with E-state index in [0.29, 0.717) is 55.8 Å². The Hall–Kier alpha value is -3.79. The molecule has 1 aromatic heterocycles. The summed E-state index contributed by atoms with van der Waals surface area (Å²) < 4.78 is 59.7. The zero-order valence-corrected chi connectivity index (χ0v) is 20.8. The van der Waals surface area contributed by atoms with Crippen LogP contribution >= 0.6 is 0 Å². The van der Waals surface area contributed by atoms with E-state index in [-0.39, 0.29) is 12.7 Å². The fourth-order valence-electron chi connectivity index (χ4n) is 3.75. The van der Waals surface area contributed by atoms with Crippen molar-refractivity contribution >= 4 is 18.2 Å². The molecule has 2 aromatic carbocycles. The molecular formula is C28H29F3N2O5. The minimum Gasteiger partial charge on any atom is -0.487 e. The van der Waals surface area contributed by atoms with Gasteiger partial charge in [0.15, 0.2) is 0 Å². The summed E-state index contributed by atoms with van der Waals surface area (Å²) in [5.41, 5.74) is 1.66. The van der Waals surface area contributed by atoms with Gasteiger partial charge in [0.25, 0.3) is 0 Å². The Balaban J connectivity index is 1.14. The number of aromatic nitrogens is 1. The highest BCUT2D eigenvalue weighted by atomic mass is 19.4. The topological polar surface area (TPSA) is 74.0 Å². The van der Waals surface area contributed by atoms with E-state index in [4.69, 9.17) is 18.6 Å². The van der Waals surface area contributed by atoms with E-state index in [1.807, 2.05) is 24.3 Å². The molecule has 0 unspecified atom stereocenters. The number of carbonyl (C=O) groups excluding carboxylic acids is 1. The summed E-state index contributed by atoms with van der Waals surface area (Å²) in [5, 5.41) is 0. The number of ether oxygens (including phenoxy) is 3. The minimum atomic E-state index is -4.36. The third kappa shape index (κ3) is 8.37. The second-order valence-corrected chi connectivity index (χ2v) is 8.73. The Morgan fingerprint density at radius 2 is 1.74 bits per heavy atom. The molecule has 0 spiro atoms. The lowest BCUT2D eigenvalue weighted by Gasteiger charge is -2.25. The summed E-state index contributed by atoms with van der Waals surface area (Å²) in [4.78, 5) is 17.9. The molecule has 202 valence electrons. The predicted octanol–water partition coefficient (Wildman–Crippen LogP) is 6.23. The van der Waals surface area contributed by atoms with Crippen LogP contribution < -0.4 is 4.74 Å². The van der Waals surface area contributed by atoms with Crippen molar-refractivity contribution in [2.24, 2.45) is 0 Å². The molecule has 1 saturated heterocycles. The highest BCUT2D eigenvalue weighted by molar-refractivity contribution is 5.67. The predicted molar refractivity (Wildman–Crippen MR) is 134 cm³/mol. The number of hydrogen-bond donors (Lipinski definition) is 0. The number of morpholine rings is 1. The first kappa shape index (κ1) is 27.3. The molecule has 4 rings (SSSR count). The van der Waals surface area contributed by atoms with Gasteiger partial charge in [-0.05, 0) is 60.7 Å². The van der Waals surface area contributed by atoms with Crippen molar-refractivity contribution in [3.05, 3.63) is 83.1 Å². The van der Waals surface area contributed by atoms with Gasteiger partial charge in [-0.25, -0.2) is 9.78 Å². The number of hydrogen-bond acceptors (Lipinski definition) is 6. The Labute approximate surface area is 218 Å². The molecule has 2 heterocycles. The van der Waals surface area contributed by atoms with Gasteiger partial charge in [0.2, 0.25) is 5.89 Å². The fraction of sp³-hybridized carbons (Fsp3) is 0.357. The molecule has 7 nitrogen and oxygen atoms in total. The molecule has 1 fully saturated rings. The summed E-state index contributed by atoms with van der Waals surface area (Å²) in [7, 11) is 0. The van der Waals surface area contributed by atoms with Crippen molar-refractivity contribution in [2.45, 2.75) is 32.0 Å². The Morgan fingerprint density at radius 1 is 1.00 bits per heavy atom. The number of nitrogens with zero attached hydrogens (tertiary/aromatic N) is 2.